The van der Waals surface area contributed by atoms with Gasteiger partial charge in [-0.15, -0.1) is 0 Å². The SMILES string of the molecule is COC(=O)[C@@H](N)c1cc(C#N)cc(Br)c1O. The van der Waals surface area contributed by atoms with E-state index < -0.39 is 12.0 Å². The van der Waals surface area contributed by atoms with Gasteiger partial charge >= 0.3 is 5.97 Å². The van der Waals surface area contributed by atoms with Crippen LogP contribution in [-0.4, -0.2) is 18.2 Å². The van der Waals surface area contributed by atoms with Gasteiger partial charge in [0.15, 0.2) is 0 Å². The first-order valence-electron chi connectivity index (χ1n) is 4.27. The summed E-state index contributed by atoms with van der Waals surface area (Å²) in [5.41, 5.74) is 6.02. The van der Waals surface area contributed by atoms with E-state index in [2.05, 4.69) is 20.7 Å². The van der Waals surface area contributed by atoms with E-state index in [4.69, 9.17) is 11.0 Å². The number of phenols is 1. The van der Waals surface area contributed by atoms with Gasteiger partial charge < -0.3 is 15.6 Å². The molecule has 5 nitrogen and oxygen atoms in total. The van der Waals surface area contributed by atoms with Gasteiger partial charge in [0.1, 0.15) is 11.8 Å². The van der Waals surface area contributed by atoms with E-state index in [1.807, 2.05) is 6.07 Å². The normalized spacial score (nSPS) is 11.6. The molecule has 0 aromatic heterocycles. The first-order chi connectivity index (χ1) is 7.51. The number of esters is 1. The summed E-state index contributed by atoms with van der Waals surface area (Å²) >= 11 is 3.07. The third kappa shape index (κ3) is 2.32. The Morgan fingerprint density at radius 2 is 2.31 bits per heavy atom. The number of rotatable bonds is 2. The van der Waals surface area contributed by atoms with Crippen molar-refractivity contribution in [2.75, 3.05) is 7.11 Å². The number of benzene rings is 1. The molecule has 0 fully saturated rings. The van der Waals surface area contributed by atoms with Crippen molar-refractivity contribution in [3.8, 4) is 11.8 Å². The van der Waals surface area contributed by atoms with Crippen molar-refractivity contribution in [2.45, 2.75) is 6.04 Å². The van der Waals surface area contributed by atoms with Crippen LogP contribution >= 0.6 is 15.9 Å². The quantitative estimate of drug-likeness (QED) is 0.796. The molecule has 0 unspecified atom stereocenters. The van der Waals surface area contributed by atoms with E-state index >= 15 is 0 Å². The predicted molar refractivity (Wildman–Crippen MR) is 59.5 cm³/mol. The number of carbonyl (C=O) groups is 1. The second kappa shape index (κ2) is 4.96. The Bertz CT molecular complexity index is 468. The summed E-state index contributed by atoms with van der Waals surface area (Å²) in [7, 11) is 1.20. The summed E-state index contributed by atoms with van der Waals surface area (Å²) in [6.45, 7) is 0. The highest BCUT2D eigenvalue weighted by atomic mass is 79.9. The van der Waals surface area contributed by atoms with E-state index in [0.29, 0.717) is 10.0 Å². The second-order valence-corrected chi connectivity index (χ2v) is 3.86. The summed E-state index contributed by atoms with van der Waals surface area (Å²) in [5.74, 6) is -0.853. The average molecular weight is 285 g/mol. The maximum atomic E-state index is 11.2. The first kappa shape index (κ1) is 12.5. The number of aromatic hydroxyl groups is 1. The Labute approximate surface area is 101 Å². The fourth-order valence-electron chi connectivity index (χ4n) is 1.18. The highest BCUT2D eigenvalue weighted by Gasteiger charge is 2.21. The minimum atomic E-state index is -1.12. The third-order valence-electron chi connectivity index (χ3n) is 2.01. The second-order valence-electron chi connectivity index (χ2n) is 3.01. The summed E-state index contributed by atoms with van der Waals surface area (Å²) in [4.78, 5) is 11.2. The summed E-state index contributed by atoms with van der Waals surface area (Å²) in [5, 5.41) is 18.4. The number of nitrogens with zero attached hydrogens (tertiary/aromatic N) is 1. The minimum absolute atomic E-state index is 0.151. The van der Waals surface area contributed by atoms with Crippen LogP contribution < -0.4 is 5.73 Å². The van der Waals surface area contributed by atoms with Crippen LogP contribution in [0, 0.1) is 11.3 Å². The molecule has 1 rings (SSSR count). The van der Waals surface area contributed by atoms with Crippen LogP contribution in [0.25, 0.3) is 0 Å². The van der Waals surface area contributed by atoms with E-state index in [1.165, 1.54) is 19.2 Å². The Hall–Kier alpha value is -1.58. The number of hydrogen-bond acceptors (Lipinski definition) is 5. The Balaban J connectivity index is 3.28. The maximum Gasteiger partial charge on any atom is 0.327 e. The van der Waals surface area contributed by atoms with Crippen LogP contribution in [0.4, 0.5) is 0 Å². The predicted octanol–water partition coefficient (Wildman–Crippen LogP) is 1.20. The van der Waals surface area contributed by atoms with Crippen LogP contribution in [0.3, 0.4) is 0 Å². The molecule has 0 aliphatic heterocycles. The van der Waals surface area contributed by atoms with Crippen LogP contribution in [0.5, 0.6) is 5.75 Å². The molecule has 6 heteroatoms. The van der Waals surface area contributed by atoms with Crippen molar-refractivity contribution in [1.82, 2.24) is 0 Å². The zero-order valence-corrected chi connectivity index (χ0v) is 9.98. The summed E-state index contributed by atoms with van der Waals surface area (Å²) in [6, 6.07) is 3.56. The molecule has 0 aliphatic carbocycles. The van der Waals surface area contributed by atoms with E-state index in [9.17, 15) is 9.90 Å². The highest BCUT2D eigenvalue weighted by Crippen LogP contribution is 2.32. The fraction of sp³-hybridized carbons (Fsp3) is 0.200. The largest absolute Gasteiger partial charge is 0.506 e. The van der Waals surface area contributed by atoms with Gasteiger partial charge in [-0.2, -0.15) is 5.26 Å². The molecule has 1 aromatic rings. The van der Waals surface area contributed by atoms with Crippen LogP contribution in [0.1, 0.15) is 17.2 Å². The van der Waals surface area contributed by atoms with Gasteiger partial charge in [-0.3, -0.25) is 4.79 Å². The summed E-state index contributed by atoms with van der Waals surface area (Å²) in [6.07, 6.45) is 0. The number of hydrogen-bond donors (Lipinski definition) is 2. The zero-order valence-electron chi connectivity index (χ0n) is 8.40. The highest BCUT2D eigenvalue weighted by molar-refractivity contribution is 9.10. The lowest BCUT2D eigenvalue weighted by atomic mass is 10.0. The topological polar surface area (TPSA) is 96.3 Å². The fourth-order valence-corrected chi connectivity index (χ4v) is 1.65. The van der Waals surface area contributed by atoms with Gasteiger partial charge in [0, 0.05) is 5.56 Å². The van der Waals surface area contributed by atoms with Crippen molar-refractivity contribution < 1.29 is 14.6 Å². The number of methoxy groups -OCH3 is 1. The molecule has 0 amide bonds. The molecular formula is C10H9BrN2O3. The van der Waals surface area contributed by atoms with E-state index in [1.54, 1.807) is 0 Å². The molecule has 84 valence electrons. The average Bonchev–Trinajstić information content (AvgIpc) is 2.30. The standard InChI is InChI=1S/C10H9BrN2O3/c1-16-10(15)8(13)6-2-5(4-12)3-7(11)9(6)14/h2-3,8,14H,13H2,1H3/t8-/m0/s1. The third-order valence-corrected chi connectivity index (χ3v) is 2.62. The molecule has 0 saturated carbocycles. The van der Waals surface area contributed by atoms with Gasteiger partial charge in [-0.05, 0) is 28.1 Å². The van der Waals surface area contributed by atoms with Crippen LogP contribution in [-0.2, 0) is 9.53 Å². The molecule has 1 atom stereocenters. The van der Waals surface area contributed by atoms with E-state index in [0.717, 1.165) is 0 Å². The minimum Gasteiger partial charge on any atom is -0.506 e. The molecule has 1 aromatic carbocycles. The lowest BCUT2D eigenvalue weighted by Gasteiger charge is -2.12. The molecule has 0 bridgehead atoms. The lowest BCUT2D eigenvalue weighted by molar-refractivity contribution is -0.142. The number of nitriles is 1. The van der Waals surface area contributed by atoms with Crippen molar-refractivity contribution in [3.63, 3.8) is 0 Å². The van der Waals surface area contributed by atoms with Crippen molar-refractivity contribution in [2.24, 2.45) is 5.73 Å². The molecule has 0 aliphatic rings. The van der Waals surface area contributed by atoms with Crippen LogP contribution in [0.2, 0.25) is 0 Å². The first-order valence-corrected chi connectivity index (χ1v) is 5.06. The maximum absolute atomic E-state index is 11.2. The van der Waals surface area contributed by atoms with Gasteiger partial charge in [0.2, 0.25) is 0 Å². The van der Waals surface area contributed by atoms with Gasteiger partial charge in [0.25, 0.3) is 0 Å². The number of nitrogens with two attached hydrogens (primary N) is 1. The zero-order chi connectivity index (χ0) is 12.3. The molecule has 3 N–H and O–H groups in total. The monoisotopic (exact) mass is 284 g/mol. The van der Waals surface area contributed by atoms with Crippen molar-refractivity contribution in [1.29, 1.82) is 5.26 Å². The summed E-state index contributed by atoms with van der Waals surface area (Å²) < 4.78 is 4.77. The molecule has 0 spiro atoms. The van der Waals surface area contributed by atoms with Crippen LogP contribution in [0.15, 0.2) is 16.6 Å². The van der Waals surface area contributed by atoms with Gasteiger partial charge in [0.05, 0.1) is 23.2 Å². The van der Waals surface area contributed by atoms with Crippen molar-refractivity contribution in [3.05, 3.63) is 27.7 Å². The smallest absolute Gasteiger partial charge is 0.327 e. The Kier molecular flexibility index (Phi) is 3.88. The lowest BCUT2D eigenvalue weighted by Crippen LogP contribution is -2.22. The Morgan fingerprint density at radius 1 is 1.69 bits per heavy atom. The molecular weight excluding hydrogens is 276 g/mol. The molecule has 0 radical (unpaired) electrons. The Morgan fingerprint density at radius 3 is 2.81 bits per heavy atom. The molecule has 16 heavy (non-hydrogen) atoms. The number of ether oxygens (including phenoxy) is 1. The molecule has 0 heterocycles. The number of phenolic OH excluding ortho intramolecular Hbond substituents is 1. The number of halogens is 1. The number of carbonyl (C=O) groups excluding carboxylic acids is 1. The van der Waals surface area contributed by atoms with Crippen molar-refractivity contribution >= 4 is 21.9 Å². The molecule has 0 saturated heterocycles. The van der Waals surface area contributed by atoms with Gasteiger partial charge in [-0.25, -0.2) is 0 Å². The van der Waals surface area contributed by atoms with E-state index in [-0.39, 0.29) is 11.3 Å². The van der Waals surface area contributed by atoms with Gasteiger partial charge in [-0.1, -0.05) is 0 Å².